The highest BCUT2D eigenvalue weighted by atomic mass is 16.5. The molecule has 110 valence electrons. The normalized spacial score (nSPS) is 23.4. The van der Waals surface area contributed by atoms with Crippen molar-refractivity contribution >= 4 is 6.03 Å². The van der Waals surface area contributed by atoms with E-state index in [-0.39, 0.29) is 12.1 Å². The molecular weight excluding hydrogens is 256 g/mol. The molecule has 20 heavy (non-hydrogen) atoms. The van der Waals surface area contributed by atoms with Gasteiger partial charge in [0.1, 0.15) is 6.04 Å². The van der Waals surface area contributed by atoms with Crippen LogP contribution in [0.4, 0.5) is 4.79 Å². The van der Waals surface area contributed by atoms with Gasteiger partial charge in [-0.15, -0.1) is 0 Å². The summed E-state index contributed by atoms with van der Waals surface area (Å²) >= 11 is 0. The Bertz CT molecular complexity index is 469. The summed E-state index contributed by atoms with van der Waals surface area (Å²) < 4.78 is 5.44. The third-order valence-corrected chi connectivity index (χ3v) is 4.03. The highest BCUT2D eigenvalue weighted by molar-refractivity contribution is 5.74. The minimum Gasteiger partial charge on any atom is -0.338 e. The largest absolute Gasteiger partial charge is 0.338 e. The number of nitrogens with one attached hydrogen (secondary N) is 1. The Labute approximate surface area is 118 Å². The van der Waals surface area contributed by atoms with Crippen LogP contribution in [0.15, 0.2) is 4.52 Å². The zero-order valence-electron chi connectivity index (χ0n) is 12.0. The second-order valence-corrected chi connectivity index (χ2v) is 5.66. The van der Waals surface area contributed by atoms with Gasteiger partial charge in [0.05, 0.1) is 0 Å². The second kappa shape index (κ2) is 5.81. The van der Waals surface area contributed by atoms with Crippen molar-refractivity contribution in [2.75, 3.05) is 13.1 Å². The van der Waals surface area contributed by atoms with Gasteiger partial charge in [-0.25, -0.2) is 4.79 Å². The number of amides is 2. The van der Waals surface area contributed by atoms with E-state index in [9.17, 15) is 4.79 Å². The minimum atomic E-state index is -0.0657. The number of urea groups is 1. The van der Waals surface area contributed by atoms with E-state index >= 15 is 0 Å². The van der Waals surface area contributed by atoms with Gasteiger partial charge in [-0.3, -0.25) is 0 Å². The number of likely N-dealkylation sites (tertiary alicyclic amines) is 1. The van der Waals surface area contributed by atoms with Crippen molar-refractivity contribution in [3.63, 3.8) is 0 Å². The average molecular weight is 278 g/mol. The molecule has 2 heterocycles. The van der Waals surface area contributed by atoms with Gasteiger partial charge < -0.3 is 14.7 Å². The second-order valence-electron chi connectivity index (χ2n) is 5.66. The van der Waals surface area contributed by atoms with Crippen LogP contribution in [-0.4, -0.2) is 34.2 Å². The quantitative estimate of drug-likeness (QED) is 0.922. The number of hydrogen-bond acceptors (Lipinski definition) is 4. The Morgan fingerprint density at radius 3 is 2.95 bits per heavy atom. The van der Waals surface area contributed by atoms with Gasteiger partial charge in [-0.1, -0.05) is 18.0 Å². The fourth-order valence-electron chi connectivity index (χ4n) is 2.75. The van der Waals surface area contributed by atoms with E-state index in [0.717, 1.165) is 50.9 Å². The number of nitrogens with zero attached hydrogens (tertiary/aromatic N) is 3. The van der Waals surface area contributed by atoms with Crippen molar-refractivity contribution < 1.29 is 9.32 Å². The SMILES string of the molecule is CCNC(=O)N1CCCCCC1c1nc(C2CC2)no1. The van der Waals surface area contributed by atoms with Crippen LogP contribution in [0.25, 0.3) is 0 Å². The van der Waals surface area contributed by atoms with Crippen LogP contribution in [0.5, 0.6) is 0 Å². The van der Waals surface area contributed by atoms with Crippen LogP contribution in [0.2, 0.25) is 0 Å². The molecule has 0 radical (unpaired) electrons. The van der Waals surface area contributed by atoms with Crippen LogP contribution in [0.3, 0.4) is 0 Å². The molecule has 6 nitrogen and oxygen atoms in total. The van der Waals surface area contributed by atoms with Gasteiger partial charge in [0.2, 0.25) is 5.89 Å². The van der Waals surface area contributed by atoms with Crippen molar-refractivity contribution in [1.82, 2.24) is 20.4 Å². The maximum atomic E-state index is 12.2. The molecule has 0 aromatic carbocycles. The molecule has 1 N–H and O–H groups in total. The molecule has 1 saturated heterocycles. The Kier molecular flexibility index (Phi) is 3.89. The first-order chi connectivity index (χ1) is 9.79. The first kappa shape index (κ1) is 13.4. The maximum Gasteiger partial charge on any atom is 0.318 e. The Morgan fingerprint density at radius 1 is 1.35 bits per heavy atom. The smallest absolute Gasteiger partial charge is 0.318 e. The molecule has 1 atom stereocenters. The molecule has 1 aromatic heterocycles. The van der Waals surface area contributed by atoms with Crippen molar-refractivity contribution in [3.05, 3.63) is 11.7 Å². The summed E-state index contributed by atoms with van der Waals surface area (Å²) in [7, 11) is 0. The van der Waals surface area contributed by atoms with Crippen LogP contribution < -0.4 is 5.32 Å². The minimum absolute atomic E-state index is 0.0226. The molecule has 2 amide bonds. The van der Waals surface area contributed by atoms with Crippen molar-refractivity contribution in [2.24, 2.45) is 0 Å². The molecule has 1 aliphatic carbocycles. The van der Waals surface area contributed by atoms with E-state index in [2.05, 4.69) is 15.5 Å². The molecule has 0 bridgehead atoms. The molecule has 1 aliphatic heterocycles. The summed E-state index contributed by atoms with van der Waals surface area (Å²) in [6.45, 7) is 3.33. The van der Waals surface area contributed by atoms with Crippen LogP contribution in [0.1, 0.15) is 69.1 Å². The molecule has 0 spiro atoms. The highest BCUT2D eigenvalue weighted by Gasteiger charge is 2.34. The summed E-state index contributed by atoms with van der Waals surface area (Å²) in [6.07, 6.45) is 6.51. The van der Waals surface area contributed by atoms with E-state index in [1.165, 1.54) is 0 Å². The third-order valence-electron chi connectivity index (χ3n) is 4.03. The topological polar surface area (TPSA) is 71.3 Å². The Morgan fingerprint density at radius 2 is 2.20 bits per heavy atom. The molecule has 3 rings (SSSR count). The molecule has 2 aliphatic rings. The number of rotatable bonds is 3. The maximum absolute atomic E-state index is 12.2. The number of hydrogen-bond donors (Lipinski definition) is 1. The van der Waals surface area contributed by atoms with Gasteiger partial charge in [-0.2, -0.15) is 4.98 Å². The van der Waals surface area contributed by atoms with E-state index in [1.807, 2.05) is 11.8 Å². The lowest BCUT2D eigenvalue weighted by molar-refractivity contribution is 0.159. The fourth-order valence-corrected chi connectivity index (χ4v) is 2.75. The zero-order valence-corrected chi connectivity index (χ0v) is 12.0. The highest BCUT2D eigenvalue weighted by Crippen LogP contribution is 2.39. The standard InChI is InChI=1S/C14H22N4O2/c1-2-15-14(19)18-9-5-3-4-6-11(18)13-16-12(17-20-13)10-7-8-10/h10-11H,2-9H2,1H3,(H,15,19). The van der Waals surface area contributed by atoms with Crippen LogP contribution >= 0.6 is 0 Å². The summed E-state index contributed by atoms with van der Waals surface area (Å²) in [5.41, 5.74) is 0. The lowest BCUT2D eigenvalue weighted by atomic mass is 10.1. The Hall–Kier alpha value is -1.59. The average Bonchev–Trinajstić information content (AvgIpc) is 3.23. The first-order valence-electron chi connectivity index (χ1n) is 7.67. The van der Waals surface area contributed by atoms with E-state index < -0.39 is 0 Å². The molecular formula is C14H22N4O2. The van der Waals surface area contributed by atoms with Gasteiger partial charge in [0.25, 0.3) is 0 Å². The van der Waals surface area contributed by atoms with E-state index in [0.29, 0.717) is 18.4 Å². The molecule has 1 unspecified atom stereocenters. The summed E-state index contributed by atoms with van der Waals surface area (Å²) in [5, 5.41) is 6.96. The number of carbonyl (C=O) groups excluding carboxylic acids is 1. The summed E-state index contributed by atoms with van der Waals surface area (Å²) in [4.78, 5) is 18.6. The summed E-state index contributed by atoms with van der Waals surface area (Å²) in [5.74, 6) is 1.91. The predicted molar refractivity (Wildman–Crippen MR) is 73.3 cm³/mol. The lowest BCUT2D eigenvalue weighted by Crippen LogP contribution is -2.42. The Balaban J connectivity index is 1.79. The third kappa shape index (κ3) is 2.78. The zero-order chi connectivity index (χ0) is 13.9. The molecule has 1 saturated carbocycles. The van der Waals surface area contributed by atoms with Gasteiger partial charge >= 0.3 is 6.03 Å². The summed E-state index contributed by atoms with van der Waals surface area (Å²) in [6, 6.07) is -0.0883. The number of aromatic nitrogens is 2. The van der Waals surface area contributed by atoms with Gasteiger partial charge in [0.15, 0.2) is 5.82 Å². The molecule has 2 fully saturated rings. The van der Waals surface area contributed by atoms with Gasteiger partial charge in [-0.05, 0) is 32.6 Å². The number of carbonyl (C=O) groups is 1. The van der Waals surface area contributed by atoms with Gasteiger partial charge in [0, 0.05) is 19.0 Å². The van der Waals surface area contributed by atoms with Crippen molar-refractivity contribution in [1.29, 1.82) is 0 Å². The fraction of sp³-hybridized carbons (Fsp3) is 0.786. The van der Waals surface area contributed by atoms with Crippen molar-refractivity contribution in [3.8, 4) is 0 Å². The monoisotopic (exact) mass is 278 g/mol. The van der Waals surface area contributed by atoms with Crippen LogP contribution in [0, 0.1) is 0 Å². The van der Waals surface area contributed by atoms with E-state index in [1.54, 1.807) is 0 Å². The van der Waals surface area contributed by atoms with Crippen LogP contribution in [-0.2, 0) is 0 Å². The molecule has 6 heteroatoms. The van der Waals surface area contributed by atoms with Crippen molar-refractivity contribution in [2.45, 2.75) is 57.4 Å². The predicted octanol–water partition coefficient (Wildman–Crippen LogP) is 2.59. The molecule has 1 aromatic rings. The first-order valence-corrected chi connectivity index (χ1v) is 7.67. The van der Waals surface area contributed by atoms with E-state index in [4.69, 9.17) is 4.52 Å². The lowest BCUT2D eigenvalue weighted by Gasteiger charge is -2.27.